The first kappa shape index (κ1) is 14.3. The molecule has 0 aromatic carbocycles. The van der Waals surface area contributed by atoms with Gasteiger partial charge in [0.25, 0.3) is 5.56 Å². The average Bonchev–Trinajstić information content (AvgIpc) is 3.31. The van der Waals surface area contributed by atoms with Crippen molar-refractivity contribution in [2.45, 2.75) is 37.8 Å². The van der Waals surface area contributed by atoms with Crippen molar-refractivity contribution < 1.29 is 4.74 Å². The summed E-state index contributed by atoms with van der Waals surface area (Å²) in [6, 6.07) is 7.04. The molecule has 23 heavy (non-hydrogen) atoms. The minimum atomic E-state index is -0.146. The van der Waals surface area contributed by atoms with E-state index in [0.717, 1.165) is 11.4 Å². The summed E-state index contributed by atoms with van der Waals surface area (Å²) in [5, 5.41) is 16.2. The monoisotopic (exact) mass is 313 g/mol. The smallest absolute Gasteiger partial charge is 0.267 e. The van der Waals surface area contributed by atoms with E-state index in [0.29, 0.717) is 24.9 Å². The zero-order valence-electron chi connectivity index (χ0n) is 13.0. The Bertz CT molecular complexity index is 754. The summed E-state index contributed by atoms with van der Waals surface area (Å²) in [7, 11) is 0. The maximum absolute atomic E-state index is 12.1. The van der Waals surface area contributed by atoms with Crippen LogP contribution in [0.2, 0.25) is 0 Å². The molecule has 120 valence electrons. The first-order valence-electron chi connectivity index (χ1n) is 7.95. The number of hydrogen-bond acceptors (Lipinski definition) is 6. The van der Waals surface area contributed by atoms with Gasteiger partial charge in [0.05, 0.1) is 30.6 Å². The number of nitrogens with one attached hydrogen (secondary N) is 1. The number of aryl methyl sites for hydroxylation is 1. The summed E-state index contributed by atoms with van der Waals surface area (Å²) < 4.78 is 7.06. The van der Waals surface area contributed by atoms with Gasteiger partial charge < -0.3 is 10.1 Å². The van der Waals surface area contributed by atoms with Crippen LogP contribution in [0.1, 0.15) is 36.2 Å². The lowest BCUT2D eigenvalue weighted by atomic mass is 10.1. The van der Waals surface area contributed by atoms with Crippen molar-refractivity contribution in [3.05, 3.63) is 46.0 Å². The molecule has 2 aliphatic rings. The number of rotatable bonds is 4. The van der Waals surface area contributed by atoms with Gasteiger partial charge in [-0.25, -0.2) is 4.68 Å². The number of ether oxygens (including phenoxy) is 1. The van der Waals surface area contributed by atoms with E-state index in [2.05, 4.69) is 20.6 Å². The molecule has 0 radical (unpaired) electrons. The van der Waals surface area contributed by atoms with Gasteiger partial charge in [-0.2, -0.15) is 10.2 Å². The SMILES string of the molecule is Cc1ccc(=O)n(C2COCC2Nc2ccc(C3CC3)nn2)n1. The van der Waals surface area contributed by atoms with Crippen LogP contribution < -0.4 is 10.9 Å². The van der Waals surface area contributed by atoms with Crippen molar-refractivity contribution in [3.63, 3.8) is 0 Å². The van der Waals surface area contributed by atoms with E-state index < -0.39 is 0 Å². The van der Waals surface area contributed by atoms with Crippen LogP contribution in [0.4, 0.5) is 5.82 Å². The zero-order chi connectivity index (χ0) is 15.8. The van der Waals surface area contributed by atoms with Gasteiger partial charge in [0.2, 0.25) is 0 Å². The minimum Gasteiger partial charge on any atom is -0.377 e. The standard InChI is InChI=1S/C16H19N5O2/c1-10-2-7-16(22)21(20-10)14-9-23-8-13(14)17-15-6-5-12(18-19-15)11-3-4-11/h2,5-7,11,13-14H,3-4,8-9H2,1H3,(H,17,19). The Morgan fingerprint density at radius 3 is 2.78 bits per heavy atom. The molecule has 1 saturated heterocycles. The van der Waals surface area contributed by atoms with E-state index in [-0.39, 0.29) is 17.6 Å². The first-order valence-corrected chi connectivity index (χ1v) is 7.95. The van der Waals surface area contributed by atoms with Gasteiger partial charge >= 0.3 is 0 Å². The average molecular weight is 313 g/mol. The Kier molecular flexibility index (Phi) is 3.57. The van der Waals surface area contributed by atoms with Crippen molar-refractivity contribution >= 4 is 5.82 Å². The molecule has 1 aliphatic carbocycles. The molecule has 0 spiro atoms. The molecule has 3 heterocycles. The maximum atomic E-state index is 12.1. The van der Waals surface area contributed by atoms with E-state index in [9.17, 15) is 4.79 Å². The molecule has 1 saturated carbocycles. The molecule has 2 atom stereocenters. The lowest BCUT2D eigenvalue weighted by Crippen LogP contribution is -2.37. The molecule has 2 unspecified atom stereocenters. The van der Waals surface area contributed by atoms with Gasteiger partial charge in [0, 0.05) is 12.0 Å². The molecular weight excluding hydrogens is 294 g/mol. The molecule has 1 aliphatic heterocycles. The van der Waals surface area contributed by atoms with Gasteiger partial charge in [-0.3, -0.25) is 4.79 Å². The largest absolute Gasteiger partial charge is 0.377 e. The molecule has 1 N–H and O–H groups in total. The molecular formula is C16H19N5O2. The molecule has 2 aromatic heterocycles. The van der Waals surface area contributed by atoms with Gasteiger partial charge in [0.15, 0.2) is 0 Å². The number of aromatic nitrogens is 4. The highest BCUT2D eigenvalue weighted by Gasteiger charge is 2.32. The second-order valence-electron chi connectivity index (χ2n) is 6.23. The summed E-state index contributed by atoms with van der Waals surface area (Å²) in [4.78, 5) is 12.1. The highest BCUT2D eigenvalue weighted by atomic mass is 16.5. The second-order valence-corrected chi connectivity index (χ2v) is 6.23. The summed E-state index contributed by atoms with van der Waals surface area (Å²) in [5.74, 6) is 1.30. The highest BCUT2D eigenvalue weighted by Crippen LogP contribution is 2.38. The first-order chi connectivity index (χ1) is 11.2. The van der Waals surface area contributed by atoms with E-state index in [1.165, 1.54) is 17.5 Å². The quantitative estimate of drug-likeness (QED) is 0.915. The third kappa shape index (κ3) is 2.96. The summed E-state index contributed by atoms with van der Waals surface area (Å²) in [6.45, 7) is 2.84. The van der Waals surface area contributed by atoms with Gasteiger partial charge in [-0.05, 0) is 38.0 Å². The fourth-order valence-electron chi connectivity index (χ4n) is 2.89. The fraction of sp³-hybridized carbons (Fsp3) is 0.500. The van der Waals surface area contributed by atoms with Gasteiger partial charge in [-0.1, -0.05) is 0 Å². The Morgan fingerprint density at radius 2 is 2.04 bits per heavy atom. The predicted octanol–water partition coefficient (Wildman–Crippen LogP) is 1.27. The maximum Gasteiger partial charge on any atom is 0.267 e. The molecule has 2 fully saturated rings. The molecule has 0 amide bonds. The summed E-state index contributed by atoms with van der Waals surface area (Å²) in [6.07, 6.45) is 2.42. The molecule has 4 rings (SSSR count). The second kappa shape index (κ2) is 5.73. The Labute approximate surface area is 133 Å². The molecule has 2 aromatic rings. The van der Waals surface area contributed by atoms with Crippen LogP contribution in [-0.2, 0) is 4.74 Å². The zero-order valence-corrected chi connectivity index (χ0v) is 13.0. The van der Waals surface area contributed by atoms with Crippen molar-refractivity contribution in [3.8, 4) is 0 Å². The van der Waals surface area contributed by atoms with Gasteiger partial charge in [0.1, 0.15) is 11.9 Å². The van der Waals surface area contributed by atoms with Crippen molar-refractivity contribution in [2.75, 3.05) is 18.5 Å². The van der Waals surface area contributed by atoms with Crippen molar-refractivity contribution in [2.24, 2.45) is 0 Å². The van der Waals surface area contributed by atoms with Crippen LogP contribution in [0, 0.1) is 6.92 Å². The van der Waals surface area contributed by atoms with Crippen LogP contribution >= 0.6 is 0 Å². The van der Waals surface area contributed by atoms with E-state index in [1.807, 2.05) is 19.1 Å². The Balaban J connectivity index is 1.53. The third-order valence-electron chi connectivity index (χ3n) is 4.34. The third-order valence-corrected chi connectivity index (χ3v) is 4.34. The van der Waals surface area contributed by atoms with Crippen LogP contribution in [-0.4, -0.2) is 39.2 Å². The van der Waals surface area contributed by atoms with Crippen LogP contribution in [0.15, 0.2) is 29.1 Å². The van der Waals surface area contributed by atoms with E-state index in [1.54, 1.807) is 12.1 Å². The Morgan fingerprint density at radius 1 is 1.17 bits per heavy atom. The van der Waals surface area contributed by atoms with Crippen LogP contribution in [0.3, 0.4) is 0 Å². The fourth-order valence-corrected chi connectivity index (χ4v) is 2.89. The lowest BCUT2D eigenvalue weighted by molar-refractivity contribution is 0.182. The summed E-state index contributed by atoms with van der Waals surface area (Å²) in [5.41, 5.74) is 1.75. The highest BCUT2D eigenvalue weighted by molar-refractivity contribution is 5.36. The minimum absolute atomic E-state index is 0.0527. The number of nitrogens with zero attached hydrogens (tertiary/aromatic N) is 4. The topological polar surface area (TPSA) is 81.9 Å². The molecule has 7 heteroatoms. The van der Waals surface area contributed by atoms with E-state index >= 15 is 0 Å². The van der Waals surface area contributed by atoms with Crippen LogP contribution in [0.25, 0.3) is 0 Å². The summed E-state index contributed by atoms with van der Waals surface area (Å²) >= 11 is 0. The van der Waals surface area contributed by atoms with Crippen molar-refractivity contribution in [1.82, 2.24) is 20.0 Å². The lowest BCUT2D eigenvalue weighted by Gasteiger charge is -2.20. The molecule has 7 nitrogen and oxygen atoms in total. The number of hydrogen-bond donors (Lipinski definition) is 1. The predicted molar refractivity (Wildman–Crippen MR) is 84.5 cm³/mol. The van der Waals surface area contributed by atoms with E-state index in [4.69, 9.17) is 4.74 Å². The normalized spacial score (nSPS) is 23.9. The number of anilines is 1. The Hall–Kier alpha value is -2.28. The van der Waals surface area contributed by atoms with Crippen molar-refractivity contribution in [1.29, 1.82) is 0 Å². The molecule has 0 bridgehead atoms. The van der Waals surface area contributed by atoms with Gasteiger partial charge in [-0.15, -0.1) is 5.10 Å². The van der Waals surface area contributed by atoms with Crippen LogP contribution in [0.5, 0.6) is 0 Å².